The second-order valence-corrected chi connectivity index (χ2v) is 7.56. The number of hydrogen-bond donors (Lipinski definition) is 1. The number of thiazole rings is 1. The second kappa shape index (κ2) is 8.06. The predicted octanol–water partition coefficient (Wildman–Crippen LogP) is 5.76. The van der Waals surface area contributed by atoms with E-state index in [1.54, 1.807) is 29.6 Å². The monoisotopic (exact) mass is 486 g/mol. The Labute approximate surface area is 185 Å². The number of nitrogens with zero attached hydrogens (tertiary/aromatic N) is 3. The van der Waals surface area contributed by atoms with Gasteiger partial charge in [0.2, 0.25) is 4.96 Å². The maximum Gasteiger partial charge on any atom is 0.416 e. The fourth-order valence-corrected chi connectivity index (χ4v) is 3.79. The highest BCUT2D eigenvalue weighted by atomic mass is 32.1. The number of aromatic nitrogens is 3. The highest BCUT2D eigenvalue weighted by Gasteiger charge is 2.37. The maximum absolute atomic E-state index is 13.0. The molecule has 0 saturated carbocycles. The summed E-state index contributed by atoms with van der Waals surface area (Å²) in [7, 11) is 1.52. The van der Waals surface area contributed by atoms with Crippen LogP contribution in [-0.2, 0) is 12.4 Å². The van der Waals surface area contributed by atoms with Gasteiger partial charge in [-0.25, -0.2) is 4.52 Å². The fraction of sp³-hybridized carbons (Fsp3) is 0.150. The predicted molar refractivity (Wildman–Crippen MR) is 107 cm³/mol. The second-order valence-electron chi connectivity index (χ2n) is 6.73. The molecule has 0 aliphatic heterocycles. The van der Waals surface area contributed by atoms with Crippen LogP contribution in [-0.4, -0.2) is 27.6 Å². The molecule has 2 heterocycles. The summed E-state index contributed by atoms with van der Waals surface area (Å²) in [5.74, 6) is -0.848. The Hall–Kier alpha value is -3.61. The van der Waals surface area contributed by atoms with Crippen molar-refractivity contribution in [3.05, 3.63) is 64.5 Å². The molecular weight excluding hydrogens is 474 g/mol. The van der Waals surface area contributed by atoms with E-state index < -0.39 is 35.0 Å². The number of rotatable bonds is 4. The summed E-state index contributed by atoms with van der Waals surface area (Å²) in [6.45, 7) is 0. The molecule has 13 heteroatoms. The van der Waals surface area contributed by atoms with Crippen molar-refractivity contribution in [2.24, 2.45) is 0 Å². The van der Waals surface area contributed by atoms with Gasteiger partial charge >= 0.3 is 12.4 Å². The number of alkyl halides is 6. The minimum Gasteiger partial charge on any atom is -0.497 e. The van der Waals surface area contributed by atoms with Gasteiger partial charge in [0.25, 0.3) is 11.9 Å². The summed E-state index contributed by atoms with van der Waals surface area (Å²) in [5.41, 5.74) is -2.65. The lowest BCUT2D eigenvalue weighted by molar-refractivity contribution is -0.143. The molecule has 172 valence electrons. The number of anilines is 1. The van der Waals surface area contributed by atoms with E-state index in [9.17, 15) is 31.1 Å². The molecule has 33 heavy (non-hydrogen) atoms. The highest BCUT2D eigenvalue weighted by Crippen LogP contribution is 2.36. The summed E-state index contributed by atoms with van der Waals surface area (Å²) in [5, 5.41) is 8.02. The van der Waals surface area contributed by atoms with Crippen molar-refractivity contribution in [1.29, 1.82) is 0 Å². The largest absolute Gasteiger partial charge is 0.497 e. The van der Waals surface area contributed by atoms with E-state index in [4.69, 9.17) is 4.74 Å². The third-order valence-corrected chi connectivity index (χ3v) is 5.36. The molecule has 4 aromatic rings. The lowest BCUT2D eigenvalue weighted by Gasteiger charge is -2.13. The zero-order valence-corrected chi connectivity index (χ0v) is 17.3. The van der Waals surface area contributed by atoms with Crippen LogP contribution in [0.5, 0.6) is 5.75 Å². The maximum atomic E-state index is 13.0. The van der Waals surface area contributed by atoms with Gasteiger partial charge in [0.1, 0.15) is 5.75 Å². The van der Waals surface area contributed by atoms with E-state index >= 15 is 0 Å². The first-order valence-electron chi connectivity index (χ1n) is 9.05. The van der Waals surface area contributed by atoms with Gasteiger partial charge in [-0.05, 0) is 42.5 Å². The zero-order chi connectivity index (χ0) is 24.0. The number of carbonyl (C=O) groups excluding carboxylic acids is 1. The molecule has 4 rings (SSSR count). The Morgan fingerprint density at radius 2 is 1.61 bits per heavy atom. The van der Waals surface area contributed by atoms with Crippen LogP contribution in [0.25, 0.3) is 16.2 Å². The molecule has 2 aromatic heterocycles. The summed E-state index contributed by atoms with van der Waals surface area (Å²) < 4.78 is 84.8. The molecule has 0 fully saturated rings. The Morgan fingerprint density at radius 3 is 2.15 bits per heavy atom. The fourth-order valence-electron chi connectivity index (χ4n) is 2.95. The van der Waals surface area contributed by atoms with E-state index in [0.717, 1.165) is 5.56 Å². The number of benzene rings is 2. The van der Waals surface area contributed by atoms with E-state index in [1.807, 2.05) is 0 Å². The lowest BCUT2D eigenvalue weighted by Crippen LogP contribution is -2.17. The molecule has 0 unspecified atom stereocenters. The smallest absolute Gasteiger partial charge is 0.416 e. The van der Waals surface area contributed by atoms with Crippen molar-refractivity contribution in [3.63, 3.8) is 0 Å². The number of nitrogens with one attached hydrogen (secondary N) is 1. The van der Waals surface area contributed by atoms with Gasteiger partial charge in [0, 0.05) is 16.5 Å². The Kier molecular flexibility index (Phi) is 5.52. The van der Waals surface area contributed by atoms with E-state index in [-0.39, 0.29) is 12.0 Å². The van der Waals surface area contributed by atoms with Crippen LogP contribution in [0.2, 0.25) is 0 Å². The standard InChI is InChI=1S/C20H12F6N4O2S/c1-32-14-4-2-10(3-5-14)15-9-33-18-28-17(29-30(15)18)27-16(31)11-6-12(19(21,22)23)8-13(7-11)20(24,25)26/h2-9H,1H3,(H,27,29,31). The molecule has 0 saturated heterocycles. The summed E-state index contributed by atoms with van der Waals surface area (Å²) in [6.07, 6.45) is -10.1. The molecule has 2 aromatic carbocycles. The van der Waals surface area contributed by atoms with E-state index in [1.165, 1.54) is 23.0 Å². The SMILES string of the molecule is COc1ccc(-c2csc3nc(NC(=O)c4cc(C(F)(F)F)cc(C(F)(F)F)c4)nn23)cc1. The molecule has 0 radical (unpaired) electrons. The summed E-state index contributed by atoms with van der Waals surface area (Å²) in [6, 6.07) is 7.61. The number of carbonyl (C=O) groups is 1. The third kappa shape index (κ3) is 4.62. The quantitative estimate of drug-likeness (QED) is 0.373. The van der Waals surface area contributed by atoms with Crippen LogP contribution >= 0.6 is 11.3 Å². The van der Waals surface area contributed by atoms with Crippen molar-refractivity contribution in [3.8, 4) is 17.0 Å². The molecule has 0 bridgehead atoms. The van der Waals surface area contributed by atoms with Crippen molar-refractivity contribution < 1.29 is 35.9 Å². The molecule has 0 spiro atoms. The number of fused-ring (bicyclic) bond motifs is 1. The first kappa shape index (κ1) is 22.6. The summed E-state index contributed by atoms with van der Waals surface area (Å²) >= 11 is 1.18. The van der Waals surface area contributed by atoms with Gasteiger partial charge in [-0.1, -0.05) is 0 Å². The van der Waals surface area contributed by atoms with Gasteiger partial charge in [-0.15, -0.1) is 16.4 Å². The molecule has 1 N–H and O–H groups in total. The molecule has 0 aliphatic carbocycles. The van der Waals surface area contributed by atoms with Crippen LogP contribution in [0.1, 0.15) is 21.5 Å². The Morgan fingerprint density at radius 1 is 1.00 bits per heavy atom. The average molecular weight is 486 g/mol. The van der Waals surface area contributed by atoms with Crippen LogP contribution in [0, 0.1) is 0 Å². The molecule has 0 aliphatic rings. The number of methoxy groups -OCH3 is 1. The average Bonchev–Trinajstić information content (AvgIpc) is 3.32. The summed E-state index contributed by atoms with van der Waals surface area (Å²) in [4.78, 5) is 16.9. The number of amides is 1. The van der Waals surface area contributed by atoms with Crippen molar-refractivity contribution in [2.45, 2.75) is 12.4 Å². The topological polar surface area (TPSA) is 68.5 Å². The van der Waals surface area contributed by atoms with Crippen molar-refractivity contribution in [1.82, 2.24) is 14.6 Å². The van der Waals surface area contributed by atoms with Gasteiger partial charge < -0.3 is 4.74 Å². The highest BCUT2D eigenvalue weighted by molar-refractivity contribution is 7.15. The Bertz CT molecular complexity index is 1290. The normalized spacial score (nSPS) is 12.2. The first-order valence-corrected chi connectivity index (χ1v) is 9.93. The molecular formula is C20H12F6N4O2S. The van der Waals surface area contributed by atoms with Gasteiger partial charge in [-0.2, -0.15) is 31.3 Å². The lowest BCUT2D eigenvalue weighted by atomic mass is 10.0. The van der Waals surface area contributed by atoms with Crippen LogP contribution in [0.4, 0.5) is 32.3 Å². The number of hydrogen-bond acceptors (Lipinski definition) is 5. The van der Waals surface area contributed by atoms with E-state index in [0.29, 0.717) is 28.5 Å². The minimum absolute atomic E-state index is 0.0528. The molecule has 1 amide bonds. The van der Waals surface area contributed by atoms with Gasteiger partial charge in [0.15, 0.2) is 0 Å². The van der Waals surface area contributed by atoms with Crippen molar-refractivity contribution >= 4 is 28.2 Å². The van der Waals surface area contributed by atoms with Gasteiger partial charge in [-0.3, -0.25) is 10.1 Å². The number of halogens is 6. The van der Waals surface area contributed by atoms with Crippen LogP contribution < -0.4 is 10.1 Å². The Balaban J connectivity index is 1.65. The molecule has 6 nitrogen and oxygen atoms in total. The third-order valence-electron chi connectivity index (χ3n) is 4.54. The minimum atomic E-state index is -5.07. The first-order chi connectivity index (χ1) is 15.5. The van der Waals surface area contributed by atoms with Crippen LogP contribution in [0.3, 0.4) is 0 Å². The van der Waals surface area contributed by atoms with E-state index in [2.05, 4.69) is 15.4 Å². The molecule has 0 atom stereocenters. The van der Waals surface area contributed by atoms with Crippen LogP contribution in [0.15, 0.2) is 47.8 Å². The van der Waals surface area contributed by atoms with Gasteiger partial charge in [0.05, 0.1) is 23.9 Å². The number of ether oxygens (including phenoxy) is 1. The van der Waals surface area contributed by atoms with Crippen molar-refractivity contribution in [2.75, 3.05) is 12.4 Å². The zero-order valence-electron chi connectivity index (χ0n) is 16.5.